The van der Waals surface area contributed by atoms with Crippen molar-refractivity contribution in [2.75, 3.05) is 6.61 Å². The molecule has 1 atom stereocenters. The number of ketones is 1. The number of esters is 1. The fourth-order valence-electron chi connectivity index (χ4n) is 1.58. The number of Topliss-reactive ketones (excluding diaryl/α,β-unsaturated/α-hetero) is 1. The Hall–Kier alpha value is -1.38. The first kappa shape index (κ1) is 23.6. The van der Waals surface area contributed by atoms with E-state index in [1.165, 1.54) is 6.92 Å². The van der Waals surface area contributed by atoms with Crippen molar-refractivity contribution in [1.82, 2.24) is 0 Å². The first-order valence-electron chi connectivity index (χ1n) is 6.18. The van der Waals surface area contributed by atoms with Crippen molar-refractivity contribution in [2.45, 2.75) is 35.9 Å². The molecule has 0 aliphatic rings. The predicted octanol–water partition coefficient (Wildman–Crippen LogP) is 1.34. The third-order valence-corrected chi connectivity index (χ3v) is 7.41. The zero-order valence-corrected chi connectivity index (χ0v) is 14.1. The van der Waals surface area contributed by atoms with Crippen LogP contribution in [0.4, 0.5) is 26.3 Å². The van der Waals surface area contributed by atoms with Crippen molar-refractivity contribution in [3.05, 3.63) is 0 Å². The van der Waals surface area contributed by atoms with Crippen LogP contribution in [0.25, 0.3) is 0 Å². The van der Waals surface area contributed by atoms with Crippen molar-refractivity contribution in [3.63, 3.8) is 0 Å². The molecular formula is C10H12F6O7S2. The van der Waals surface area contributed by atoms with Crippen LogP contribution in [0.15, 0.2) is 0 Å². The number of sulfone groups is 2. The van der Waals surface area contributed by atoms with Crippen LogP contribution < -0.4 is 0 Å². The van der Waals surface area contributed by atoms with Crippen molar-refractivity contribution < 1.29 is 57.5 Å². The number of rotatable bonds is 7. The minimum Gasteiger partial charge on any atom is -0.465 e. The zero-order valence-electron chi connectivity index (χ0n) is 12.5. The van der Waals surface area contributed by atoms with Crippen LogP contribution in [0, 0.1) is 5.92 Å². The fourth-order valence-corrected chi connectivity index (χ4v) is 5.06. The average Bonchev–Trinajstić information content (AvgIpc) is 2.35. The number of hydrogen-bond acceptors (Lipinski definition) is 7. The molecule has 148 valence electrons. The minimum atomic E-state index is -6.92. The fraction of sp³-hybridized carbons (Fsp3) is 0.800. The normalized spacial score (nSPS) is 15.1. The van der Waals surface area contributed by atoms with Gasteiger partial charge in [-0.1, -0.05) is 0 Å². The quantitative estimate of drug-likeness (QED) is 0.346. The lowest BCUT2D eigenvalue weighted by atomic mass is 10.0. The Balaban J connectivity index is 6.37. The highest BCUT2D eigenvalue weighted by Gasteiger charge is 2.63. The van der Waals surface area contributed by atoms with Crippen molar-refractivity contribution in [2.24, 2.45) is 5.92 Å². The average molecular weight is 422 g/mol. The van der Waals surface area contributed by atoms with E-state index in [1.807, 2.05) is 0 Å². The highest BCUT2D eigenvalue weighted by Crippen LogP contribution is 2.39. The molecule has 0 saturated carbocycles. The Morgan fingerprint density at radius 3 is 1.52 bits per heavy atom. The molecule has 0 radical (unpaired) electrons. The lowest BCUT2D eigenvalue weighted by Crippen LogP contribution is -2.47. The summed E-state index contributed by atoms with van der Waals surface area (Å²) in [5.74, 6) is -5.45. The minimum absolute atomic E-state index is 0.439. The molecular weight excluding hydrogens is 410 g/mol. The maximum absolute atomic E-state index is 12.6. The molecule has 0 heterocycles. The van der Waals surface area contributed by atoms with E-state index in [4.69, 9.17) is 0 Å². The summed E-state index contributed by atoms with van der Waals surface area (Å²) in [5, 5.41) is 0. The lowest BCUT2D eigenvalue weighted by Gasteiger charge is -2.23. The summed E-state index contributed by atoms with van der Waals surface area (Å²) in [4.78, 5) is 22.8. The van der Waals surface area contributed by atoms with Gasteiger partial charge in [-0.15, -0.1) is 0 Å². The van der Waals surface area contributed by atoms with Crippen LogP contribution in [0.5, 0.6) is 0 Å². The van der Waals surface area contributed by atoms with Crippen LogP contribution in [0.1, 0.15) is 20.3 Å². The number of hydrogen-bond donors (Lipinski definition) is 0. The molecule has 0 rings (SSSR count). The largest absolute Gasteiger partial charge is 0.498 e. The maximum Gasteiger partial charge on any atom is 0.498 e. The summed E-state index contributed by atoms with van der Waals surface area (Å²) >= 11 is 0. The van der Waals surface area contributed by atoms with Gasteiger partial charge in [0, 0.05) is 0 Å². The number of halogens is 6. The highest BCUT2D eigenvalue weighted by molar-refractivity contribution is 8.09. The summed E-state index contributed by atoms with van der Waals surface area (Å²) in [6.07, 6.45) is -2.09. The SMILES string of the molecule is CCOC(=O)C(CC(S(=O)(=O)C(F)(F)F)S(=O)(=O)C(F)(F)F)C(C)=O. The molecule has 0 aromatic rings. The Bertz CT molecular complexity index is 676. The van der Waals surface area contributed by atoms with Crippen LogP contribution in [0.3, 0.4) is 0 Å². The molecule has 0 fully saturated rings. The summed E-state index contributed by atoms with van der Waals surface area (Å²) in [6, 6.07) is 0. The Kier molecular flexibility index (Phi) is 7.06. The van der Waals surface area contributed by atoms with Gasteiger partial charge in [0.15, 0.2) is 4.58 Å². The molecule has 1 unspecified atom stereocenters. The highest BCUT2D eigenvalue weighted by atomic mass is 32.3. The van der Waals surface area contributed by atoms with Gasteiger partial charge in [0.2, 0.25) is 0 Å². The topological polar surface area (TPSA) is 112 Å². The number of alkyl halides is 6. The summed E-state index contributed by atoms with van der Waals surface area (Å²) in [5.41, 5.74) is -12.7. The standard InChI is InChI=1S/C10H12F6O7S2/c1-3-23-8(18)6(5(2)17)4-7(24(19,20)9(11,12)13)25(21,22)10(14,15)16/h6-7H,3-4H2,1-2H3. The van der Waals surface area contributed by atoms with Gasteiger partial charge in [0.1, 0.15) is 11.7 Å². The van der Waals surface area contributed by atoms with E-state index in [0.29, 0.717) is 6.92 Å². The van der Waals surface area contributed by atoms with Gasteiger partial charge in [-0.3, -0.25) is 9.59 Å². The monoisotopic (exact) mass is 422 g/mol. The van der Waals surface area contributed by atoms with Crippen LogP contribution in [0.2, 0.25) is 0 Å². The van der Waals surface area contributed by atoms with Crippen LogP contribution in [-0.2, 0) is 34.0 Å². The summed E-state index contributed by atoms with van der Waals surface area (Å²) in [6.45, 7) is 1.30. The molecule has 7 nitrogen and oxygen atoms in total. The molecule has 0 bridgehead atoms. The van der Waals surface area contributed by atoms with E-state index in [0.717, 1.165) is 0 Å². The zero-order chi connectivity index (χ0) is 20.4. The first-order chi connectivity index (χ1) is 10.9. The molecule has 0 spiro atoms. The summed E-state index contributed by atoms with van der Waals surface area (Å²) < 4.78 is 121. The lowest BCUT2D eigenvalue weighted by molar-refractivity contribution is -0.151. The molecule has 0 aliphatic carbocycles. The van der Waals surface area contributed by atoms with E-state index < -0.39 is 66.0 Å². The van der Waals surface area contributed by atoms with E-state index in [-0.39, 0.29) is 0 Å². The Labute approximate surface area is 138 Å². The van der Waals surface area contributed by atoms with Gasteiger partial charge in [-0.25, -0.2) is 16.8 Å². The van der Waals surface area contributed by atoms with Gasteiger partial charge >= 0.3 is 17.0 Å². The molecule has 15 heteroatoms. The molecule has 0 aromatic carbocycles. The van der Waals surface area contributed by atoms with E-state index in [1.54, 1.807) is 0 Å². The molecule has 0 aliphatic heterocycles. The van der Waals surface area contributed by atoms with Crippen LogP contribution >= 0.6 is 0 Å². The molecule has 25 heavy (non-hydrogen) atoms. The second kappa shape index (κ2) is 7.47. The van der Waals surface area contributed by atoms with E-state index >= 15 is 0 Å². The van der Waals surface area contributed by atoms with Gasteiger partial charge in [0.05, 0.1) is 6.61 Å². The smallest absolute Gasteiger partial charge is 0.465 e. The van der Waals surface area contributed by atoms with Crippen molar-refractivity contribution in [1.29, 1.82) is 0 Å². The third kappa shape index (κ3) is 5.05. The van der Waals surface area contributed by atoms with Gasteiger partial charge < -0.3 is 4.74 Å². The third-order valence-electron chi connectivity index (χ3n) is 2.83. The predicted molar refractivity (Wildman–Crippen MR) is 69.2 cm³/mol. The van der Waals surface area contributed by atoms with Crippen molar-refractivity contribution in [3.8, 4) is 0 Å². The number of ether oxygens (including phenoxy) is 1. The number of carbonyl (C=O) groups is 2. The molecule has 0 N–H and O–H groups in total. The van der Waals surface area contributed by atoms with Gasteiger partial charge in [-0.05, 0) is 20.3 Å². The second-order valence-corrected chi connectivity index (χ2v) is 9.10. The first-order valence-corrected chi connectivity index (χ1v) is 9.27. The summed E-state index contributed by atoms with van der Waals surface area (Å²) in [7, 11) is -13.8. The van der Waals surface area contributed by atoms with E-state index in [2.05, 4.69) is 4.74 Å². The Morgan fingerprint density at radius 2 is 1.28 bits per heavy atom. The molecule has 0 amide bonds. The second-order valence-electron chi connectivity index (χ2n) is 4.56. The van der Waals surface area contributed by atoms with Gasteiger partial charge in [0.25, 0.3) is 19.7 Å². The van der Waals surface area contributed by atoms with Gasteiger partial charge in [-0.2, -0.15) is 26.3 Å². The Morgan fingerprint density at radius 1 is 0.920 bits per heavy atom. The van der Waals surface area contributed by atoms with Crippen molar-refractivity contribution >= 4 is 31.4 Å². The molecule has 0 aromatic heterocycles. The molecule has 0 saturated heterocycles. The maximum atomic E-state index is 12.6. The van der Waals surface area contributed by atoms with E-state index in [9.17, 15) is 52.8 Å². The van der Waals surface area contributed by atoms with Crippen LogP contribution in [-0.4, -0.2) is 50.8 Å². The number of carbonyl (C=O) groups excluding carboxylic acids is 2.